The van der Waals surface area contributed by atoms with Crippen molar-refractivity contribution in [3.8, 4) is 0 Å². The third-order valence-corrected chi connectivity index (χ3v) is 2.69. The molecule has 0 unspecified atom stereocenters. The Kier molecular flexibility index (Phi) is 5.35. The quantitative estimate of drug-likeness (QED) is 0.906. The first kappa shape index (κ1) is 16.3. The number of alkyl halides is 3. The lowest BCUT2D eigenvalue weighted by Crippen LogP contribution is -2.38. The van der Waals surface area contributed by atoms with Crippen molar-refractivity contribution in [2.24, 2.45) is 0 Å². The van der Waals surface area contributed by atoms with Crippen molar-refractivity contribution >= 4 is 11.7 Å². The van der Waals surface area contributed by atoms with Crippen LogP contribution in [0.5, 0.6) is 0 Å². The molecule has 4 nitrogen and oxygen atoms in total. The number of carbonyl (C=O) groups is 1. The molecule has 0 aliphatic heterocycles. The molecule has 1 amide bonds. The molecule has 20 heavy (non-hydrogen) atoms. The van der Waals surface area contributed by atoms with E-state index in [2.05, 4.69) is 4.98 Å². The van der Waals surface area contributed by atoms with Crippen molar-refractivity contribution in [2.45, 2.75) is 32.9 Å². The van der Waals surface area contributed by atoms with Crippen LogP contribution in [0.25, 0.3) is 0 Å². The zero-order valence-corrected chi connectivity index (χ0v) is 11.5. The third kappa shape index (κ3) is 4.71. The van der Waals surface area contributed by atoms with Crippen molar-refractivity contribution in [1.29, 1.82) is 0 Å². The Hall–Kier alpha value is -1.79. The fraction of sp³-hybridized carbons (Fsp3) is 0.538. The molecule has 0 saturated carbocycles. The molecule has 1 rings (SSSR count). The van der Waals surface area contributed by atoms with E-state index in [1.54, 1.807) is 0 Å². The Bertz CT molecular complexity index is 474. The normalized spacial score (nSPS) is 11.4. The fourth-order valence-corrected chi connectivity index (χ4v) is 1.84. The number of nitrogen functional groups attached to an aromatic ring is 1. The van der Waals surface area contributed by atoms with Gasteiger partial charge in [0.25, 0.3) is 5.91 Å². The van der Waals surface area contributed by atoms with E-state index in [0.29, 0.717) is 12.1 Å². The topological polar surface area (TPSA) is 59.2 Å². The summed E-state index contributed by atoms with van der Waals surface area (Å²) in [5.41, 5.74) is 6.35. The van der Waals surface area contributed by atoms with Gasteiger partial charge < -0.3 is 10.6 Å². The van der Waals surface area contributed by atoms with Crippen molar-refractivity contribution < 1.29 is 18.0 Å². The molecule has 0 radical (unpaired) electrons. The lowest BCUT2D eigenvalue weighted by atomic mass is 10.1. The zero-order valence-electron chi connectivity index (χ0n) is 11.5. The number of amides is 1. The highest BCUT2D eigenvalue weighted by Crippen LogP contribution is 2.19. The highest BCUT2D eigenvalue weighted by molar-refractivity contribution is 5.95. The molecule has 0 atom stereocenters. The molecule has 0 bridgehead atoms. The first-order valence-corrected chi connectivity index (χ1v) is 6.39. The van der Waals surface area contributed by atoms with E-state index in [9.17, 15) is 18.0 Å². The van der Waals surface area contributed by atoms with E-state index in [1.807, 2.05) is 6.92 Å². The van der Waals surface area contributed by atoms with Crippen LogP contribution in [-0.4, -0.2) is 35.1 Å². The Morgan fingerprint density at radius 2 is 2.00 bits per heavy atom. The van der Waals surface area contributed by atoms with Crippen LogP contribution >= 0.6 is 0 Å². The van der Waals surface area contributed by atoms with Crippen molar-refractivity contribution in [3.63, 3.8) is 0 Å². The molecule has 112 valence electrons. The number of aromatic nitrogens is 1. The Morgan fingerprint density at radius 1 is 1.35 bits per heavy atom. The van der Waals surface area contributed by atoms with Gasteiger partial charge in [-0.3, -0.25) is 4.79 Å². The van der Waals surface area contributed by atoms with Crippen molar-refractivity contribution in [3.05, 3.63) is 23.4 Å². The summed E-state index contributed by atoms with van der Waals surface area (Å²) in [6, 6.07) is 2.81. The lowest BCUT2D eigenvalue weighted by Gasteiger charge is -2.22. The van der Waals surface area contributed by atoms with Gasteiger partial charge in [-0.15, -0.1) is 0 Å². The standard InChI is InChI=1S/C13H18F3N3O/c1-3-5-10-6-9(7-11(17)18-10)12(20)19(4-2)8-13(14,15)16/h6-7H,3-5,8H2,1-2H3,(H2,17,18). The fourth-order valence-electron chi connectivity index (χ4n) is 1.84. The van der Waals surface area contributed by atoms with Gasteiger partial charge in [0.15, 0.2) is 0 Å². The Labute approximate surface area is 115 Å². The predicted molar refractivity (Wildman–Crippen MR) is 70.3 cm³/mol. The maximum atomic E-state index is 12.4. The highest BCUT2D eigenvalue weighted by Gasteiger charge is 2.32. The minimum absolute atomic E-state index is 0.0241. The molecular formula is C13H18F3N3O. The summed E-state index contributed by atoms with van der Waals surface area (Å²) in [7, 11) is 0. The average Bonchev–Trinajstić information content (AvgIpc) is 2.33. The summed E-state index contributed by atoms with van der Waals surface area (Å²) in [5, 5.41) is 0. The third-order valence-electron chi connectivity index (χ3n) is 2.69. The number of carbonyl (C=O) groups excluding carboxylic acids is 1. The molecule has 0 aromatic carbocycles. The van der Waals surface area contributed by atoms with E-state index >= 15 is 0 Å². The molecule has 7 heteroatoms. The highest BCUT2D eigenvalue weighted by atomic mass is 19.4. The molecular weight excluding hydrogens is 271 g/mol. The lowest BCUT2D eigenvalue weighted by molar-refractivity contribution is -0.140. The van der Waals surface area contributed by atoms with Gasteiger partial charge in [-0.2, -0.15) is 13.2 Å². The van der Waals surface area contributed by atoms with Gasteiger partial charge in [-0.1, -0.05) is 13.3 Å². The van der Waals surface area contributed by atoms with Crippen molar-refractivity contribution in [2.75, 3.05) is 18.8 Å². The van der Waals surface area contributed by atoms with Crippen LogP contribution in [0.15, 0.2) is 12.1 Å². The minimum atomic E-state index is -4.42. The summed E-state index contributed by atoms with van der Waals surface area (Å²) in [6.07, 6.45) is -2.99. The maximum Gasteiger partial charge on any atom is 0.406 e. The smallest absolute Gasteiger partial charge is 0.384 e. The van der Waals surface area contributed by atoms with Gasteiger partial charge in [0, 0.05) is 17.8 Å². The van der Waals surface area contributed by atoms with E-state index in [4.69, 9.17) is 5.73 Å². The summed E-state index contributed by atoms with van der Waals surface area (Å²) in [4.78, 5) is 16.9. The number of hydrogen-bond acceptors (Lipinski definition) is 3. The second-order valence-corrected chi connectivity index (χ2v) is 4.46. The van der Waals surface area contributed by atoms with Gasteiger partial charge in [-0.05, 0) is 25.5 Å². The number of aryl methyl sites for hydroxylation is 1. The van der Waals surface area contributed by atoms with Gasteiger partial charge in [-0.25, -0.2) is 4.98 Å². The second kappa shape index (κ2) is 6.58. The van der Waals surface area contributed by atoms with Crippen LogP contribution in [-0.2, 0) is 6.42 Å². The van der Waals surface area contributed by atoms with E-state index < -0.39 is 18.6 Å². The predicted octanol–water partition coefficient (Wildman–Crippen LogP) is 2.64. The number of halogens is 3. The van der Waals surface area contributed by atoms with Crippen LogP contribution in [0.3, 0.4) is 0 Å². The van der Waals surface area contributed by atoms with Gasteiger partial charge in [0.1, 0.15) is 12.4 Å². The molecule has 1 aromatic heterocycles. The maximum absolute atomic E-state index is 12.4. The molecule has 1 aromatic rings. The van der Waals surface area contributed by atoms with E-state index in [-0.39, 0.29) is 17.9 Å². The average molecular weight is 289 g/mol. The largest absolute Gasteiger partial charge is 0.406 e. The van der Waals surface area contributed by atoms with E-state index in [1.165, 1.54) is 19.1 Å². The van der Waals surface area contributed by atoms with Gasteiger partial charge in [0.05, 0.1) is 0 Å². The van der Waals surface area contributed by atoms with Crippen molar-refractivity contribution in [1.82, 2.24) is 9.88 Å². The molecule has 0 saturated heterocycles. The van der Waals surface area contributed by atoms with Crippen LogP contribution in [0.4, 0.5) is 19.0 Å². The summed E-state index contributed by atoms with van der Waals surface area (Å²) < 4.78 is 37.3. The minimum Gasteiger partial charge on any atom is -0.384 e. The van der Waals surface area contributed by atoms with Crippen LogP contribution in [0.2, 0.25) is 0 Å². The number of rotatable bonds is 5. The summed E-state index contributed by atoms with van der Waals surface area (Å²) in [6.45, 7) is 2.15. The number of pyridine rings is 1. The van der Waals surface area contributed by atoms with Crippen LogP contribution < -0.4 is 5.73 Å². The molecule has 0 spiro atoms. The zero-order chi connectivity index (χ0) is 15.3. The monoisotopic (exact) mass is 289 g/mol. The number of nitrogens with zero attached hydrogens (tertiary/aromatic N) is 2. The SMILES string of the molecule is CCCc1cc(C(=O)N(CC)CC(F)(F)F)cc(N)n1. The molecule has 0 aliphatic rings. The van der Waals surface area contributed by atoms with E-state index in [0.717, 1.165) is 11.3 Å². The Morgan fingerprint density at radius 3 is 2.50 bits per heavy atom. The van der Waals surface area contributed by atoms with Crippen LogP contribution in [0.1, 0.15) is 36.3 Å². The number of nitrogens with two attached hydrogens (primary N) is 1. The molecule has 2 N–H and O–H groups in total. The molecule has 1 heterocycles. The summed E-state index contributed by atoms with van der Waals surface area (Å²) in [5.74, 6) is -0.543. The first-order chi connectivity index (χ1) is 9.26. The first-order valence-electron chi connectivity index (χ1n) is 6.39. The van der Waals surface area contributed by atoms with Crippen LogP contribution in [0, 0.1) is 0 Å². The Balaban J connectivity index is 3.00. The second-order valence-electron chi connectivity index (χ2n) is 4.46. The molecule has 0 fully saturated rings. The number of anilines is 1. The van der Waals surface area contributed by atoms with Gasteiger partial charge in [0.2, 0.25) is 0 Å². The summed E-state index contributed by atoms with van der Waals surface area (Å²) >= 11 is 0. The van der Waals surface area contributed by atoms with Gasteiger partial charge >= 0.3 is 6.18 Å². The number of hydrogen-bond donors (Lipinski definition) is 1. The molecule has 0 aliphatic carbocycles.